The molecular weight excluding hydrogens is 538 g/mol. The fraction of sp³-hybridized carbons (Fsp3) is 0.138. The summed E-state index contributed by atoms with van der Waals surface area (Å²) in [6, 6.07) is 18.8. The van der Waals surface area contributed by atoms with E-state index in [-0.39, 0.29) is 29.4 Å². The largest absolute Gasteiger partial charge is 0.481 e. The third-order valence-electron chi connectivity index (χ3n) is 5.85. The second-order valence-electron chi connectivity index (χ2n) is 8.77. The zero-order valence-corrected chi connectivity index (χ0v) is 21.4. The average molecular weight is 563 g/mol. The van der Waals surface area contributed by atoms with Crippen LogP contribution < -0.4 is 15.4 Å². The molecule has 0 aliphatic carbocycles. The maximum absolute atomic E-state index is 14.1. The molecule has 1 amide bonds. The number of anilines is 2. The van der Waals surface area contributed by atoms with Gasteiger partial charge >= 0.3 is 11.9 Å². The van der Waals surface area contributed by atoms with Gasteiger partial charge in [-0.1, -0.05) is 36.4 Å². The first kappa shape index (κ1) is 28.6. The summed E-state index contributed by atoms with van der Waals surface area (Å²) in [5.41, 5.74) is 1.58. The molecule has 0 aliphatic heterocycles. The molecule has 0 bridgehead atoms. The van der Waals surface area contributed by atoms with Crippen molar-refractivity contribution in [1.29, 1.82) is 0 Å². The molecule has 41 heavy (non-hydrogen) atoms. The van der Waals surface area contributed by atoms with Gasteiger partial charge in [0.1, 0.15) is 24.3 Å². The second-order valence-corrected chi connectivity index (χ2v) is 8.77. The Balaban J connectivity index is 1.52. The van der Waals surface area contributed by atoms with Crippen molar-refractivity contribution in [2.24, 2.45) is 0 Å². The van der Waals surface area contributed by atoms with Crippen LogP contribution in [0.25, 0.3) is 11.3 Å². The number of amides is 1. The van der Waals surface area contributed by atoms with Gasteiger partial charge in [-0.25, -0.2) is 18.6 Å². The molecule has 3 aromatic carbocycles. The molecule has 1 aromatic heterocycles. The molecule has 1 heterocycles. The van der Waals surface area contributed by atoms with E-state index in [1.165, 1.54) is 36.4 Å². The number of carbonyl (C=O) groups is 3. The van der Waals surface area contributed by atoms with Gasteiger partial charge in [0.15, 0.2) is 0 Å². The third kappa shape index (κ3) is 7.82. The zero-order chi connectivity index (χ0) is 29.4. The summed E-state index contributed by atoms with van der Waals surface area (Å²) in [5, 5.41) is 23.4. The van der Waals surface area contributed by atoms with Gasteiger partial charge in [0.05, 0.1) is 11.3 Å². The predicted octanol–water partition coefficient (Wildman–Crippen LogP) is 4.79. The molecule has 12 heteroatoms. The van der Waals surface area contributed by atoms with Crippen LogP contribution in [0.1, 0.15) is 28.8 Å². The van der Waals surface area contributed by atoms with Crippen LogP contribution in [0.5, 0.6) is 5.88 Å². The van der Waals surface area contributed by atoms with Crippen LogP contribution in [0.2, 0.25) is 0 Å². The number of nitrogens with zero attached hydrogens (tertiary/aromatic N) is 2. The minimum Gasteiger partial charge on any atom is -0.481 e. The van der Waals surface area contributed by atoms with Crippen LogP contribution in [0.15, 0.2) is 78.9 Å². The minimum absolute atomic E-state index is 0.0566. The lowest BCUT2D eigenvalue weighted by molar-refractivity contribution is -0.140. The van der Waals surface area contributed by atoms with E-state index in [9.17, 15) is 28.3 Å². The summed E-state index contributed by atoms with van der Waals surface area (Å²) in [6.07, 6.45) is -0.678. The van der Waals surface area contributed by atoms with Gasteiger partial charge in [0.2, 0.25) is 11.8 Å². The number of aromatic nitrogens is 2. The molecule has 0 saturated heterocycles. The van der Waals surface area contributed by atoms with Crippen LogP contribution in [0.3, 0.4) is 0 Å². The van der Waals surface area contributed by atoms with Crippen molar-refractivity contribution in [3.8, 4) is 17.1 Å². The molecular formula is C29H24F2N4O6. The van der Waals surface area contributed by atoms with Gasteiger partial charge in [-0.3, -0.25) is 9.59 Å². The number of carbonyl (C=O) groups excluding carboxylic acids is 1. The number of rotatable bonds is 12. The number of halogens is 2. The van der Waals surface area contributed by atoms with Crippen LogP contribution in [-0.2, 0) is 16.2 Å². The fourth-order valence-electron chi connectivity index (χ4n) is 3.73. The van der Waals surface area contributed by atoms with Gasteiger partial charge in [-0.05, 0) is 42.8 Å². The summed E-state index contributed by atoms with van der Waals surface area (Å²) < 4.78 is 33.8. The maximum atomic E-state index is 14.1. The molecule has 4 N–H and O–H groups in total. The number of carboxylic acids is 2. The number of hydrogen-bond acceptors (Lipinski definition) is 7. The monoisotopic (exact) mass is 562 g/mol. The van der Waals surface area contributed by atoms with Gasteiger partial charge in [0, 0.05) is 29.3 Å². The summed E-state index contributed by atoms with van der Waals surface area (Å²) in [6.45, 7) is -0.406. The molecule has 0 fully saturated rings. The Kier molecular flexibility index (Phi) is 9.15. The quantitative estimate of drug-likeness (QED) is 0.191. The predicted molar refractivity (Wildman–Crippen MR) is 144 cm³/mol. The van der Waals surface area contributed by atoms with Crippen LogP contribution >= 0.6 is 0 Å². The van der Waals surface area contributed by atoms with E-state index >= 15 is 0 Å². The Bertz CT molecular complexity index is 1530. The summed E-state index contributed by atoms with van der Waals surface area (Å²) in [7, 11) is 0. The van der Waals surface area contributed by atoms with Crippen LogP contribution in [-0.4, -0.2) is 44.1 Å². The standard InChI is InChI=1S/C29H24F2N4O6/c30-21-7-4-8-22(31)20(21)16-41-25-15-24(17-5-2-1-3-6-17)34-29(35-25)32-19-11-9-18(10-12-19)27(38)33-23(28(39)40)13-14-26(36)37/h1-12,15,23H,13-14,16H2,(H,33,38)(H,36,37)(H,39,40)(H,32,34,35)/t23-/m0/s1. The smallest absolute Gasteiger partial charge is 0.326 e. The van der Waals surface area contributed by atoms with Crippen molar-refractivity contribution in [3.63, 3.8) is 0 Å². The molecule has 0 spiro atoms. The highest BCUT2D eigenvalue weighted by Gasteiger charge is 2.21. The van der Waals surface area contributed by atoms with E-state index in [1.54, 1.807) is 0 Å². The summed E-state index contributed by atoms with van der Waals surface area (Å²) >= 11 is 0. The van der Waals surface area contributed by atoms with E-state index in [1.807, 2.05) is 30.3 Å². The lowest BCUT2D eigenvalue weighted by atomic mass is 10.1. The van der Waals surface area contributed by atoms with Crippen LogP contribution in [0.4, 0.5) is 20.4 Å². The average Bonchev–Trinajstić information content (AvgIpc) is 2.95. The van der Waals surface area contributed by atoms with Crippen molar-refractivity contribution in [2.45, 2.75) is 25.5 Å². The van der Waals surface area contributed by atoms with E-state index in [4.69, 9.17) is 9.84 Å². The molecule has 4 aromatic rings. The van der Waals surface area contributed by atoms with Crippen molar-refractivity contribution >= 4 is 29.5 Å². The zero-order valence-electron chi connectivity index (χ0n) is 21.4. The first-order valence-electron chi connectivity index (χ1n) is 12.3. The highest BCUT2D eigenvalue weighted by atomic mass is 19.1. The Morgan fingerprint density at radius 3 is 2.20 bits per heavy atom. The van der Waals surface area contributed by atoms with E-state index < -0.39 is 48.5 Å². The van der Waals surface area contributed by atoms with Crippen LogP contribution in [0, 0.1) is 11.6 Å². The molecule has 4 rings (SSSR count). The molecule has 0 unspecified atom stereocenters. The highest BCUT2D eigenvalue weighted by molar-refractivity contribution is 5.97. The van der Waals surface area contributed by atoms with Crippen molar-refractivity contribution in [2.75, 3.05) is 5.32 Å². The first-order chi connectivity index (χ1) is 19.7. The lowest BCUT2D eigenvalue weighted by Gasteiger charge is -2.14. The molecule has 0 saturated carbocycles. The number of ether oxygens (including phenoxy) is 1. The lowest BCUT2D eigenvalue weighted by Crippen LogP contribution is -2.41. The number of carboxylic acid groups (broad SMARTS) is 2. The Morgan fingerprint density at radius 2 is 1.56 bits per heavy atom. The van der Waals surface area contributed by atoms with E-state index in [0.29, 0.717) is 11.4 Å². The van der Waals surface area contributed by atoms with E-state index in [2.05, 4.69) is 20.6 Å². The van der Waals surface area contributed by atoms with Gasteiger partial charge in [-0.2, -0.15) is 4.98 Å². The summed E-state index contributed by atoms with van der Waals surface area (Å²) in [4.78, 5) is 43.4. The SMILES string of the molecule is O=C(O)CC[C@H](NC(=O)c1ccc(Nc2nc(OCc3c(F)cccc3F)cc(-c3ccccc3)n2)cc1)C(=O)O. The Morgan fingerprint density at radius 1 is 0.878 bits per heavy atom. The van der Waals surface area contributed by atoms with Gasteiger partial charge in [-0.15, -0.1) is 0 Å². The first-order valence-corrected chi connectivity index (χ1v) is 12.3. The number of nitrogens with one attached hydrogen (secondary N) is 2. The maximum Gasteiger partial charge on any atom is 0.326 e. The molecule has 10 nitrogen and oxygen atoms in total. The third-order valence-corrected chi connectivity index (χ3v) is 5.85. The molecule has 1 atom stereocenters. The Hall–Kier alpha value is -5.39. The van der Waals surface area contributed by atoms with Crippen molar-refractivity contribution < 1.29 is 38.1 Å². The number of aliphatic carboxylic acids is 2. The topological polar surface area (TPSA) is 151 Å². The molecule has 0 radical (unpaired) electrons. The second kappa shape index (κ2) is 13.1. The van der Waals surface area contributed by atoms with Gasteiger partial charge < -0.3 is 25.6 Å². The minimum atomic E-state index is -1.36. The number of hydrogen-bond donors (Lipinski definition) is 4. The molecule has 210 valence electrons. The van der Waals surface area contributed by atoms with Crippen molar-refractivity contribution in [3.05, 3.63) is 102 Å². The normalized spacial score (nSPS) is 11.4. The molecule has 0 aliphatic rings. The fourth-order valence-corrected chi connectivity index (χ4v) is 3.73. The van der Waals surface area contributed by atoms with Crippen molar-refractivity contribution in [1.82, 2.24) is 15.3 Å². The Labute approximate surface area is 232 Å². The van der Waals surface area contributed by atoms with Gasteiger partial charge in [0.25, 0.3) is 5.91 Å². The highest BCUT2D eigenvalue weighted by Crippen LogP contribution is 2.25. The van der Waals surface area contributed by atoms with E-state index in [0.717, 1.165) is 17.7 Å². The summed E-state index contributed by atoms with van der Waals surface area (Å²) in [5.74, 6) is -4.54. The number of benzene rings is 3.